The van der Waals surface area contributed by atoms with Crippen molar-refractivity contribution in [2.75, 3.05) is 38.3 Å². The molecule has 0 aromatic carbocycles. The fraction of sp³-hybridized carbons (Fsp3) is 0.650. The molecule has 2 fully saturated rings. The Morgan fingerprint density at radius 3 is 3.07 bits per heavy atom. The van der Waals surface area contributed by atoms with Gasteiger partial charge in [-0.1, -0.05) is 6.42 Å². The second kappa shape index (κ2) is 7.84. The second-order valence-electron chi connectivity index (χ2n) is 8.04. The summed E-state index contributed by atoms with van der Waals surface area (Å²) in [5, 5.41) is 3.15. The van der Waals surface area contributed by atoms with Crippen LogP contribution in [0.5, 0.6) is 0 Å². The van der Waals surface area contributed by atoms with E-state index in [2.05, 4.69) is 20.2 Å². The third-order valence-corrected chi connectivity index (χ3v) is 5.94. The number of fused-ring (bicyclic) bond motifs is 1. The molecule has 2 aromatic rings. The van der Waals surface area contributed by atoms with E-state index in [0.29, 0.717) is 29.6 Å². The fourth-order valence-corrected chi connectivity index (χ4v) is 4.27. The van der Waals surface area contributed by atoms with Crippen LogP contribution < -0.4 is 10.2 Å². The maximum atomic E-state index is 12.5. The summed E-state index contributed by atoms with van der Waals surface area (Å²) < 4.78 is 11.2. The number of hydrogen-bond acceptors (Lipinski definition) is 6. The molecule has 1 aliphatic carbocycles. The highest BCUT2D eigenvalue weighted by molar-refractivity contribution is 5.76. The molecule has 27 heavy (non-hydrogen) atoms. The molecule has 1 saturated carbocycles. The minimum absolute atomic E-state index is 0.142. The van der Waals surface area contributed by atoms with Crippen molar-refractivity contribution in [1.82, 2.24) is 15.3 Å². The maximum Gasteiger partial charge on any atom is 0.299 e. The molecular weight excluding hydrogens is 344 g/mol. The van der Waals surface area contributed by atoms with Crippen LogP contribution in [0.15, 0.2) is 22.7 Å². The molecule has 1 saturated heterocycles. The Morgan fingerprint density at radius 2 is 2.33 bits per heavy atom. The molecule has 7 heteroatoms. The summed E-state index contributed by atoms with van der Waals surface area (Å²) in [7, 11) is 1.74. The van der Waals surface area contributed by atoms with E-state index in [1.165, 1.54) is 6.42 Å². The Balaban J connectivity index is 1.31. The first kappa shape index (κ1) is 18.2. The van der Waals surface area contributed by atoms with Crippen molar-refractivity contribution in [3.8, 4) is 0 Å². The van der Waals surface area contributed by atoms with Crippen molar-refractivity contribution < 1.29 is 13.9 Å². The molecule has 146 valence electrons. The number of carbonyl (C=O) groups is 1. The highest BCUT2D eigenvalue weighted by atomic mass is 16.5. The summed E-state index contributed by atoms with van der Waals surface area (Å²) in [4.78, 5) is 23.3. The van der Waals surface area contributed by atoms with Gasteiger partial charge in [-0.2, -0.15) is 4.98 Å². The number of rotatable bonds is 7. The van der Waals surface area contributed by atoms with Crippen molar-refractivity contribution in [2.24, 2.45) is 11.3 Å². The SMILES string of the molecule is COCC1(CNC(=O)CC2CCCN(c3nc4ncccc4o3)C2)CCC1. The molecule has 0 radical (unpaired) electrons. The van der Waals surface area contributed by atoms with Crippen LogP contribution in [0.4, 0.5) is 6.01 Å². The van der Waals surface area contributed by atoms with Crippen molar-refractivity contribution in [2.45, 2.75) is 38.5 Å². The Kier molecular flexibility index (Phi) is 5.29. The molecule has 1 aliphatic heterocycles. The smallest absolute Gasteiger partial charge is 0.299 e. The number of hydrogen-bond donors (Lipinski definition) is 1. The largest absolute Gasteiger partial charge is 0.422 e. The van der Waals surface area contributed by atoms with E-state index in [0.717, 1.165) is 51.9 Å². The van der Waals surface area contributed by atoms with Gasteiger partial charge in [-0.05, 0) is 43.7 Å². The number of carbonyl (C=O) groups excluding carboxylic acids is 1. The van der Waals surface area contributed by atoms with Crippen LogP contribution in [0.1, 0.15) is 38.5 Å². The molecule has 1 unspecified atom stereocenters. The first-order valence-electron chi connectivity index (χ1n) is 9.90. The van der Waals surface area contributed by atoms with Crippen LogP contribution >= 0.6 is 0 Å². The summed E-state index contributed by atoms with van der Waals surface area (Å²) in [6.07, 6.45) is 7.89. The molecule has 1 amide bonds. The summed E-state index contributed by atoms with van der Waals surface area (Å²) in [6, 6.07) is 4.34. The maximum absolute atomic E-state index is 12.5. The van der Waals surface area contributed by atoms with E-state index >= 15 is 0 Å². The number of ether oxygens (including phenoxy) is 1. The number of methoxy groups -OCH3 is 1. The normalized spacial score (nSPS) is 21.8. The van der Waals surface area contributed by atoms with Crippen LogP contribution in [-0.2, 0) is 9.53 Å². The van der Waals surface area contributed by atoms with Crippen LogP contribution in [0.3, 0.4) is 0 Å². The monoisotopic (exact) mass is 372 g/mol. The van der Waals surface area contributed by atoms with Crippen LogP contribution in [0, 0.1) is 11.3 Å². The van der Waals surface area contributed by atoms with Gasteiger partial charge in [0, 0.05) is 44.8 Å². The van der Waals surface area contributed by atoms with Gasteiger partial charge in [0.1, 0.15) is 0 Å². The van der Waals surface area contributed by atoms with E-state index in [1.54, 1.807) is 13.3 Å². The molecule has 1 atom stereocenters. The van der Waals surface area contributed by atoms with Crippen molar-refractivity contribution in [3.05, 3.63) is 18.3 Å². The number of anilines is 1. The summed E-state index contributed by atoms with van der Waals surface area (Å²) >= 11 is 0. The van der Waals surface area contributed by atoms with Crippen LogP contribution in [0.2, 0.25) is 0 Å². The van der Waals surface area contributed by atoms with E-state index in [-0.39, 0.29) is 11.3 Å². The highest BCUT2D eigenvalue weighted by Crippen LogP contribution is 2.40. The number of amides is 1. The van der Waals surface area contributed by atoms with Crippen molar-refractivity contribution in [1.29, 1.82) is 0 Å². The van der Waals surface area contributed by atoms with Gasteiger partial charge in [-0.3, -0.25) is 4.79 Å². The predicted molar refractivity (Wildman–Crippen MR) is 103 cm³/mol. The standard InChI is InChI=1S/C20H28N4O3/c1-26-14-20(7-4-8-20)13-22-17(25)11-15-5-3-10-24(12-15)19-23-18-16(27-19)6-2-9-21-18/h2,6,9,15H,3-5,7-8,10-14H2,1H3,(H,22,25). The Morgan fingerprint density at radius 1 is 1.44 bits per heavy atom. The minimum atomic E-state index is 0.142. The second-order valence-corrected chi connectivity index (χ2v) is 8.04. The van der Waals surface area contributed by atoms with Crippen LogP contribution in [0.25, 0.3) is 11.2 Å². The van der Waals surface area contributed by atoms with Gasteiger partial charge < -0.3 is 19.4 Å². The Hall–Kier alpha value is -2.15. The summed E-state index contributed by atoms with van der Waals surface area (Å²) in [5.41, 5.74) is 1.50. The fourth-order valence-electron chi connectivity index (χ4n) is 4.27. The molecule has 1 N–H and O–H groups in total. The zero-order chi connectivity index (χ0) is 18.7. The number of piperidine rings is 1. The van der Waals surface area contributed by atoms with Gasteiger partial charge in [0.15, 0.2) is 5.58 Å². The van der Waals surface area contributed by atoms with Crippen molar-refractivity contribution in [3.63, 3.8) is 0 Å². The highest BCUT2D eigenvalue weighted by Gasteiger charge is 2.37. The first-order chi connectivity index (χ1) is 13.2. The quantitative estimate of drug-likeness (QED) is 0.805. The molecule has 2 aliphatic rings. The number of pyridine rings is 1. The lowest BCUT2D eigenvalue weighted by molar-refractivity contribution is -0.123. The number of aromatic nitrogens is 2. The molecule has 7 nitrogen and oxygen atoms in total. The Bertz CT molecular complexity index is 753. The lowest BCUT2D eigenvalue weighted by Gasteiger charge is -2.41. The van der Waals surface area contributed by atoms with E-state index in [4.69, 9.17) is 9.15 Å². The topological polar surface area (TPSA) is 80.5 Å². The zero-order valence-corrected chi connectivity index (χ0v) is 15.9. The Labute approximate surface area is 159 Å². The first-order valence-corrected chi connectivity index (χ1v) is 9.90. The zero-order valence-electron chi connectivity index (χ0n) is 15.9. The van der Waals surface area contributed by atoms with Crippen molar-refractivity contribution >= 4 is 23.2 Å². The van der Waals surface area contributed by atoms with Gasteiger partial charge in [0.05, 0.1) is 6.61 Å². The van der Waals surface area contributed by atoms with Gasteiger partial charge in [-0.15, -0.1) is 0 Å². The van der Waals surface area contributed by atoms with E-state index in [1.807, 2.05) is 12.1 Å². The number of nitrogens with one attached hydrogen (secondary N) is 1. The molecular formula is C20H28N4O3. The minimum Gasteiger partial charge on any atom is -0.422 e. The average molecular weight is 372 g/mol. The molecule has 2 aromatic heterocycles. The number of nitrogens with zero attached hydrogens (tertiary/aromatic N) is 3. The van der Waals surface area contributed by atoms with Gasteiger partial charge >= 0.3 is 0 Å². The van der Waals surface area contributed by atoms with Gasteiger partial charge in [0.25, 0.3) is 6.01 Å². The molecule has 0 spiro atoms. The average Bonchev–Trinajstić information content (AvgIpc) is 3.08. The lowest BCUT2D eigenvalue weighted by atomic mass is 9.69. The van der Waals surface area contributed by atoms with E-state index in [9.17, 15) is 4.79 Å². The van der Waals surface area contributed by atoms with Crippen LogP contribution in [-0.4, -0.2) is 49.2 Å². The predicted octanol–water partition coefficient (Wildman–Crippen LogP) is 2.76. The third kappa shape index (κ3) is 4.08. The van der Waals surface area contributed by atoms with Gasteiger partial charge in [-0.25, -0.2) is 4.98 Å². The lowest BCUT2D eigenvalue weighted by Crippen LogP contribution is -2.46. The van der Waals surface area contributed by atoms with E-state index < -0.39 is 0 Å². The van der Waals surface area contributed by atoms with Gasteiger partial charge in [0.2, 0.25) is 11.6 Å². The molecule has 0 bridgehead atoms. The summed E-state index contributed by atoms with van der Waals surface area (Å²) in [5.74, 6) is 0.463. The number of oxazole rings is 1. The molecule has 4 rings (SSSR count). The summed E-state index contributed by atoms with van der Waals surface area (Å²) in [6.45, 7) is 3.16. The third-order valence-electron chi connectivity index (χ3n) is 5.94. The molecule has 3 heterocycles.